The van der Waals surface area contributed by atoms with Crippen molar-refractivity contribution in [2.24, 2.45) is 0 Å². The summed E-state index contributed by atoms with van der Waals surface area (Å²) in [6.07, 6.45) is 1.36. The van der Waals surface area contributed by atoms with Crippen molar-refractivity contribution in [3.05, 3.63) is 54.1 Å². The number of benzene rings is 2. The lowest BCUT2D eigenvalue weighted by Crippen LogP contribution is -2.46. The second-order valence-electron chi connectivity index (χ2n) is 7.56. The van der Waals surface area contributed by atoms with Crippen molar-refractivity contribution in [3.8, 4) is 5.75 Å². The summed E-state index contributed by atoms with van der Waals surface area (Å²) in [4.78, 5) is 17.7. The maximum absolute atomic E-state index is 12.8. The van der Waals surface area contributed by atoms with Gasteiger partial charge in [0, 0.05) is 32.6 Å². The largest absolute Gasteiger partial charge is 0.493 e. The fourth-order valence-corrected chi connectivity index (χ4v) is 4.21. The molecule has 1 fully saturated rings. The Bertz CT molecular complexity index is 815. The highest BCUT2D eigenvalue weighted by molar-refractivity contribution is 5.94. The normalized spacial score (nSPS) is 19.6. The molecule has 1 saturated heterocycles. The van der Waals surface area contributed by atoms with E-state index in [0.29, 0.717) is 13.0 Å². The highest BCUT2D eigenvalue weighted by Crippen LogP contribution is 2.36. The van der Waals surface area contributed by atoms with Gasteiger partial charge in [0.05, 0.1) is 18.0 Å². The first kappa shape index (κ1) is 18.8. The number of hydrogen-bond acceptors (Lipinski definition) is 4. The zero-order valence-electron chi connectivity index (χ0n) is 16.6. The maximum atomic E-state index is 12.8. The zero-order valence-corrected chi connectivity index (χ0v) is 16.6. The van der Waals surface area contributed by atoms with E-state index in [2.05, 4.69) is 34.2 Å². The fraction of sp³-hybridized carbons (Fsp3) is 0.435. The Balaban J connectivity index is 1.43. The van der Waals surface area contributed by atoms with Crippen molar-refractivity contribution in [3.63, 3.8) is 0 Å². The number of rotatable bonds is 5. The first-order valence-corrected chi connectivity index (χ1v) is 10.3. The van der Waals surface area contributed by atoms with Gasteiger partial charge >= 0.3 is 0 Å². The van der Waals surface area contributed by atoms with Crippen molar-refractivity contribution in [1.82, 2.24) is 4.90 Å². The number of fused-ring (bicyclic) bond motifs is 1. The van der Waals surface area contributed by atoms with Crippen LogP contribution in [0.15, 0.2) is 48.5 Å². The Kier molecular flexibility index (Phi) is 5.81. The van der Waals surface area contributed by atoms with Crippen molar-refractivity contribution in [2.75, 3.05) is 49.5 Å². The van der Waals surface area contributed by atoms with Crippen LogP contribution in [0.1, 0.15) is 31.2 Å². The Morgan fingerprint density at radius 3 is 2.64 bits per heavy atom. The number of hydrogen-bond donors (Lipinski definition) is 1. The zero-order chi connectivity index (χ0) is 19.3. The van der Waals surface area contributed by atoms with Crippen LogP contribution in [0.2, 0.25) is 0 Å². The molecule has 1 atom stereocenters. The number of nitrogens with one attached hydrogen (secondary N) is 1. The van der Waals surface area contributed by atoms with Crippen LogP contribution in [0.25, 0.3) is 0 Å². The molecule has 5 heteroatoms. The molecule has 1 amide bonds. The van der Waals surface area contributed by atoms with E-state index in [0.717, 1.165) is 61.8 Å². The van der Waals surface area contributed by atoms with E-state index in [1.165, 1.54) is 0 Å². The third-order valence-corrected chi connectivity index (χ3v) is 5.85. The van der Waals surface area contributed by atoms with Crippen molar-refractivity contribution < 1.29 is 9.53 Å². The van der Waals surface area contributed by atoms with Gasteiger partial charge in [-0.05, 0) is 42.6 Å². The minimum Gasteiger partial charge on any atom is -0.493 e. The first-order valence-electron chi connectivity index (χ1n) is 10.3. The van der Waals surface area contributed by atoms with Crippen LogP contribution in [0, 0.1) is 0 Å². The highest BCUT2D eigenvalue weighted by atomic mass is 16.5. The van der Waals surface area contributed by atoms with Gasteiger partial charge in [-0.15, -0.1) is 0 Å². The summed E-state index contributed by atoms with van der Waals surface area (Å²) in [5.74, 6) is 1.20. The Morgan fingerprint density at radius 2 is 1.82 bits per heavy atom. The lowest BCUT2D eigenvalue weighted by molar-refractivity contribution is -0.116. The molecule has 1 unspecified atom stereocenters. The van der Waals surface area contributed by atoms with Crippen molar-refractivity contribution in [2.45, 2.75) is 25.7 Å². The predicted molar refractivity (Wildman–Crippen MR) is 113 cm³/mol. The lowest BCUT2D eigenvalue weighted by atomic mass is 9.90. The number of carbonyl (C=O) groups excluding carboxylic acids is 1. The van der Waals surface area contributed by atoms with Gasteiger partial charge in [-0.25, -0.2) is 0 Å². The van der Waals surface area contributed by atoms with Gasteiger partial charge < -0.3 is 19.9 Å². The summed E-state index contributed by atoms with van der Waals surface area (Å²) < 4.78 is 5.73. The molecule has 0 aromatic heterocycles. The molecule has 0 bridgehead atoms. The molecule has 2 aromatic rings. The molecule has 2 aliphatic rings. The minimum absolute atomic E-state index is 0.0707. The van der Waals surface area contributed by atoms with E-state index in [9.17, 15) is 4.79 Å². The SMILES string of the molecule is CCN1CCN(c2ccccc2NC(=O)CC2CCOc3ccccc32)CC1. The fourth-order valence-electron chi connectivity index (χ4n) is 4.21. The predicted octanol–water partition coefficient (Wildman–Crippen LogP) is 3.72. The molecule has 28 heavy (non-hydrogen) atoms. The van der Waals surface area contributed by atoms with E-state index >= 15 is 0 Å². The van der Waals surface area contributed by atoms with Crippen LogP contribution in [-0.4, -0.2) is 50.1 Å². The second kappa shape index (κ2) is 8.65. The number of likely N-dealkylation sites (N-methyl/N-ethyl adjacent to an activating group) is 1. The van der Waals surface area contributed by atoms with Gasteiger partial charge in [0.1, 0.15) is 5.75 Å². The number of ether oxygens (including phenoxy) is 1. The quantitative estimate of drug-likeness (QED) is 0.860. The van der Waals surface area contributed by atoms with Crippen LogP contribution >= 0.6 is 0 Å². The molecule has 5 nitrogen and oxygen atoms in total. The number of amides is 1. The lowest BCUT2D eigenvalue weighted by Gasteiger charge is -2.36. The van der Waals surface area contributed by atoms with Crippen LogP contribution < -0.4 is 15.0 Å². The smallest absolute Gasteiger partial charge is 0.225 e. The van der Waals surface area contributed by atoms with Crippen molar-refractivity contribution >= 4 is 17.3 Å². The van der Waals surface area contributed by atoms with Crippen LogP contribution in [0.4, 0.5) is 11.4 Å². The van der Waals surface area contributed by atoms with E-state index in [-0.39, 0.29) is 11.8 Å². The van der Waals surface area contributed by atoms with Crippen LogP contribution in [0.3, 0.4) is 0 Å². The number of nitrogens with zero attached hydrogens (tertiary/aromatic N) is 2. The molecule has 2 aromatic carbocycles. The monoisotopic (exact) mass is 379 g/mol. The minimum atomic E-state index is 0.0707. The van der Waals surface area contributed by atoms with Gasteiger partial charge in [0.15, 0.2) is 0 Å². The molecule has 0 saturated carbocycles. The standard InChI is InChI=1S/C23H29N3O2/c1-2-25-12-14-26(15-13-25)21-9-5-4-8-20(21)24-23(27)17-18-11-16-28-22-10-6-3-7-19(18)22/h3-10,18H,2,11-17H2,1H3,(H,24,27). The molecule has 1 N–H and O–H groups in total. The Labute approximate surface area is 167 Å². The van der Waals surface area contributed by atoms with Crippen LogP contribution in [-0.2, 0) is 4.79 Å². The number of para-hydroxylation sites is 3. The summed E-state index contributed by atoms with van der Waals surface area (Å²) >= 11 is 0. The Morgan fingerprint density at radius 1 is 1.07 bits per heavy atom. The van der Waals surface area contributed by atoms with E-state index in [4.69, 9.17) is 4.74 Å². The first-order chi connectivity index (χ1) is 13.7. The summed E-state index contributed by atoms with van der Waals surface area (Å²) in [6.45, 7) is 8.10. The molecule has 0 radical (unpaired) electrons. The van der Waals surface area contributed by atoms with Gasteiger partial charge in [-0.1, -0.05) is 37.3 Å². The van der Waals surface area contributed by atoms with E-state index < -0.39 is 0 Å². The molecule has 2 aliphatic heterocycles. The average molecular weight is 380 g/mol. The topological polar surface area (TPSA) is 44.8 Å². The summed E-state index contributed by atoms with van der Waals surface area (Å²) in [5.41, 5.74) is 3.18. The summed E-state index contributed by atoms with van der Waals surface area (Å²) in [7, 11) is 0. The second-order valence-corrected chi connectivity index (χ2v) is 7.56. The number of piperazine rings is 1. The summed E-state index contributed by atoms with van der Waals surface area (Å²) in [5, 5.41) is 3.18. The molecule has 2 heterocycles. The van der Waals surface area contributed by atoms with E-state index in [1.54, 1.807) is 0 Å². The van der Waals surface area contributed by atoms with Crippen LogP contribution in [0.5, 0.6) is 5.75 Å². The molecule has 4 rings (SSSR count). The molecular formula is C23H29N3O2. The van der Waals surface area contributed by atoms with Gasteiger partial charge in [-0.2, -0.15) is 0 Å². The molecule has 0 spiro atoms. The van der Waals surface area contributed by atoms with Crippen molar-refractivity contribution in [1.29, 1.82) is 0 Å². The molecule has 148 valence electrons. The highest BCUT2D eigenvalue weighted by Gasteiger charge is 2.24. The maximum Gasteiger partial charge on any atom is 0.225 e. The number of anilines is 2. The van der Waals surface area contributed by atoms with Gasteiger partial charge in [-0.3, -0.25) is 4.79 Å². The molecule has 0 aliphatic carbocycles. The molecular weight excluding hydrogens is 350 g/mol. The third kappa shape index (κ3) is 4.14. The number of carbonyl (C=O) groups is 1. The average Bonchev–Trinajstić information content (AvgIpc) is 2.74. The van der Waals surface area contributed by atoms with E-state index in [1.807, 2.05) is 36.4 Å². The third-order valence-electron chi connectivity index (χ3n) is 5.85. The van der Waals surface area contributed by atoms with Gasteiger partial charge in [0.2, 0.25) is 5.91 Å². The van der Waals surface area contributed by atoms with Gasteiger partial charge in [0.25, 0.3) is 0 Å². The summed E-state index contributed by atoms with van der Waals surface area (Å²) in [6, 6.07) is 16.2. The Hall–Kier alpha value is -2.53.